The zero-order chi connectivity index (χ0) is 28.7. The third-order valence-corrected chi connectivity index (χ3v) is 10.9. The third kappa shape index (κ3) is 6.53. The first kappa shape index (κ1) is 29.4. The maximum Gasteiger partial charge on any atom is 0.248 e. The predicted octanol–water partition coefficient (Wildman–Crippen LogP) is 5.87. The van der Waals surface area contributed by atoms with Crippen LogP contribution in [0.1, 0.15) is 90.8 Å². The maximum absolute atomic E-state index is 13.8. The SMILES string of the molecule is CC(C)(C)c1nc2cc(S(=O)(=O)N3CCC[C@@H](CC(=O)NCC4CCC4)C3)ccc2n1CC1CCC(F)(F)CC1. The highest BCUT2D eigenvalue weighted by molar-refractivity contribution is 7.89. The van der Waals surface area contributed by atoms with Crippen LogP contribution in [0.15, 0.2) is 23.1 Å². The van der Waals surface area contributed by atoms with Crippen LogP contribution < -0.4 is 5.32 Å². The van der Waals surface area contributed by atoms with Crippen LogP contribution in [0.4, 0.5) is 8.78 Å². The van der Waals surface area contributed by atoms with Gasteiger partial charge in [-0.1, -0.05) is 27.2 Å². The molecule has 1 amide bonds. The number of carbonyl (C=O) groups is 1. The van der Waals surface area contributed by atoms with Crippen molar-refractivity contribution in [3.8, 4) is 0 Å². The van der Waals surface area contributed by atoms with Crippen molar-refractivity contribution in [3.63, 3.8) is 0 Å². The molecule has 0 unspecified atom stereocenters. The lowest BCUT2D eigenvalue weighted by atomic mass is 9.85. The Hall–Kier alpha value is -2.07. The van der Waals surface area contributed by atoms with Crippen LogP contribution in [0.2, 0.25) is 0 Å². The fourth-order valence-corrected chi connectivity index (χ4v) is 7.99. The second-order valence-corrected chi connectivity index (χ2v) is 15.4. The molecular formula is C30H44F2N4O3S. The standard InChI is InChI=1S/C30H44F2N4O3S/c1-29(2,3)28-34-25-17-24(9-10-26(25)36(28)20-22-11-13-30(31,32)14-12-22)40(38,39)35-15-5-8-23(19-35)16-27(37)33-18-21-6-4-7-21/h9-10,17,21-23H,4-8,11-16,18-20H2,1-3H3,(H,33,37)/t23-/m0/s1. The van der Waals surface area contributed by atoms with Gasteiger partial charge in [-0.25, -0.2) is 22.2 Å². The van der Waals surface area contributed by atoms with Gasteiger partial charge in [-0.2, -0.15) is 4.31 Å². The predicted molar refractivity (Wildman–Crippen MR) is 152 cm³/mol. The van der Waals surface area contributed by atoms with Crippen LogP contribution in [0.3, 0.4) is 0 Å². The highest BCUT2D eigenvalue weighted by Gasteiger charge is 2.36. The zero-order valence-corrected chi connectivity index (χ0v) is 24.9. The van der Waals surface area contributed by atoms with Crippen LogP contribution in [0, 0.1) is 17.8 Å². The van der Waals surface area contributed by atoms with E-state index in [0.29, 0.717) is 50.3 Å². The number of halogens is 2. The average molecular weight is 579 g/mol. The van der Waals surface area contributed by atoms with E-state index in [2.05, 4.69) is 30.7 Å². The van der Waals surface area contributed by atoms with Crippen molar-refractivity contribution >= 4 is 27.0 Å². The number of alkyl halides is 2. The van der Waals surface area contributed by atoms with Crippen molar-refractivity contribution in [2.75, 3.05) is 19.6 Å². The Morgan fingerprint density at radius 3 is 2.40 bits per heavy atom. The molecule has 10 heteroatoms. The molecule has 0 radical (unpaired) electrons. The minimum atomic E-state index is -3.75. The molecular weight excluding hydrogens is 534 g/mol. The summed E-state index contributed by atoms with van der Waals surface area (Å²) in [6.45, 7) is 8.29. The highest BCUT2D eigenvalue weighted by atomic mass is 32.2. The minimum absolute atomic E-state index is 0.00298. The lowest BCUT2D eigenvalue weighted by molar-refractivity contribution is -0.122. The molecule has 0 spiro atoms. The summed E-state index contributed by atoms with van der Waals surface area (Å²) in [5, 5.41) is 3.04. The van der Waals surface area contributed by atoms with Gasteiger partial charge in [0.1, 0.15) is 5.82 Å². The molecule has 2 heterocycles. The second kappa shape index (κ2) is 11.3. The van der Waals surface area contributed by atoms with Crippen molar-refractivity contribution in [1.29, 1.82) is 0 Å². The summed E-state index contributed by atoms with van der Waals surface area (Å²) >= 11 is 0. The van der Waals surface area contributed by atoms with Crippen molar-refractivity contribution < 1.29 is 22.0 Å². The number of amides is 1. The number of fused-ring (bicyclic) bond motifs is 1. The fourth-order valence-electron chi connectivity index (χ4n) is 6.42. The monoisotopic (exact) mass is 578 g/mol. The molecule has 2 aromatic rings. The van der Waals surface area contributed by atoms with Crippen LogP contribution in [-0.2, 0) is 26.8 Å². The van der Waals surface area contributed by atoms with Crippen LogP contribution >= 0.6 is 0 Å². The average Bonchev–Trinajstić information content (AvgIpc) is 3.23. The molecule has 2 saturated carbocycles. The number of carbonyl (C=O) groups excluding carboxylic acids is 1. The maximum atomic E-state index is 13.8. The molecule has 1 N–H and O–H groups in total. The van der Waals surface area contributed by atoms with Gasteiger partial charge >= 0.3 is 0 Å². The van der Waals surface area contributed by atoms with E-state index in [1.54, 1.807) is 12.1 Å². The molecule has 222 valence electrons. The Bertz CT molecular complexity index is 1320. The number of nitrogens with zero attached hydrogens (tertiary/aromatic N) is 3. The van der Waals surface area contributed by atoms with E-state index in [4.69, 9.17) is 4.98 Å². The number of hydrogen-bond acceptors (Lipinski definition) is 4. The Morgan fingerprint density at radius 2 is 1.75 bits per heavy atom. The van der Waals surface area contributed by atoms with Gasteiger partial charge in [0, 0.05) is 50.9 Å². The Balaban J connectivity index is 1.32. The summed E-state index contributed by atoms with van der Waals surface area (Å²) in [6, 6.07) is 5.11. The third-order valence-electron chi connectivity index (χ3n) is 9.07. The lowest BCUT2D eigenvalue weighted by Gasteiger charge is -2.32. The summed E-state index contributed by atoms with van der Waals surface area (Å²) in [7, 11) is -3.75. The summed E-state index contributed by atoms with van der Waals surface area (Å²) in [5.74, 6) is -0.991. The largest absolute Gasteiger partial charge is 0.356 e. The number of nitrogens with one attached hydrogen (secondary N) is 1. The highest BCUT2D eigenvalue weighted by Crippen LogP contribution is 2.38. The molecule has 5 rings (SSSR count). The molecule has 40 heavy (non-hydrogen) atoms. The molecule has 7 nitrogen and oxygen atoms in total. The lowest BCUT2D eigenvalue weighted by Crippen LogP contribution is -2.42. The molecule has 1 atom stereocenters. The van der Waals surface area contributed by atoms with Crippen molar-refractivity contribution in [2.45, 2.75) is 108 Å². The topological polar surface area (TPSA) is 84.3 Å². The molecule has 1 saturated heterocycles. The van der Waals surface area contributed by atoms with E-state index in [1.165, 1.54) is 23.6 Å². The molecule has 1 aromatic carbocycles. The molecule has 1 aliphatic heterocycles. The first-order valence-electron chi connectivity index (χ1n) is 15.0. The van der Waals surface area contributed by atoms with Gasteiger partial charge in [0.25, 0.3) is 0 Å². The Labute approximate surface area is 237 Å². The zero-order valence-electron chi connectivity index (χ0n) is 24.1. The van der Waals surface area contributed by atoms with Gasteiger partial charge in [0.05, 0.1) is 15.9 Å². The molecule has 1 aromatic heterocycles. The summed E-state index contributed by atoms with van der Waals surface area (Å²) in [5.41, 5.74) is 1.15. The van der Waals surface area contributed by atoms with Gasteiger partial charge < -0.3 is 9.88 Å². The number of piperidine rings is 1. The molecule has 3 aliphatic rings. The van der Waals surface area contributed by atoms with Gasteiger partial charge in [-0.3, -0.25) is 4.79 Å². The van der Waals surface area contributed by atoms with Gasteiger partial charge in [-0.05, 0) is 74.5 Å². The minimum Gasteiger partial charge on any atom is -0.356 e. The van der Waals surface area contributed by atoms with E-state index in [-0.39, 0.29) is 40.9 Å². The number of sulfonamides is 1. The van der Waals surface area contributed by atoms with E-state index in [1.807, 2.05) is 6.07 Å². The quantitative estimate of drug-likeness (QED) is 0.425. The number of imidazole rings is 1. The first-order chi connectivity index (χ1) is 18.8. The van der Waals surface area contributed by atoms with Gasteiger partial charge in [0.15, 0.2) is 0 Å². The summed E-state index contributed by atoms with van der Waals surface area (Å²) in [4.78, 5) is 17.6. The molecule has 3 fully saturated rings. The fraction of sp³-hybridized carbons (Fsp3) is 0.733. The number of aromatic nitrogens is 2. The molecule has 2 aliphatic carbocycles. The number of benzene rings is 1. The summed E-state index contributed by atoms with van der Waals surface area (Å²) in [6.07, 6.45) is 6.28. The van der Waals surface area contributed by atoms with Crippen molar-refractivity contribution in [1.82, 2.24) is 19.2 Å². The normalized spacial score (nSPS) is 23.3. The van der Waals surface area contributed by atoms with E-state index < -0.39 is 15.9 Å². The first-order valence-corrected chi connectivity index (χ1v) is 16.4. The van der Waals surface area contributed by atoms with Crippen molar-refractivity contribution in [3.05, 3.63) is 24.0 Å². The van der Waals surface area contributed by atoms with Gasteiger partial charge in [-0.15, -0.1) is 0 Å². The van der Waals surface area contributed by atoms with Crippen LogP contribution in [-0.4, -0.2) is 53.7 Å². The van der Waals surface area contributed by atoms with Gasteiger partial charge in [0.2, 0.25) is 21.9 Å². The smallest absolute Gasteiger partial charge is 0.248 e. The number of rotatable bonds is 8. The van der Waals surface area contributed by atoms with E-state index in [9.17, 15) is 22.0 Å². The van der Waals surface area contributed by atoms with Crippen LogP contribution in [0.5, 0.6) is 0 Å². The Kier molecular flexibility index (Phi) is 8.32. The van der Waals surface area contributed by atoms with Crippen molar-refractivity contribution in [2.24, 2.45) is 17.8 Å². The van der Waals surface area contributed by atoms with E-state index >= 15 is 0 Å². The number of hydrogen-bond donors (Lipinski definition) is 1. The molecule has 0 bridgehead atoms. The summed E-state index contributed by atoms with van der Waals surface area (Å²) < 4.78 is 58.6. The van der Waals surface area contributed by atoms with Crippen LogP contribution in [0.25, 0.3) is 11.0 Å². The van der Waals surface area contributed by atoms with E-state index in [0.717, 1.165) is 30.7 Å². The second-order valence-electron chi connectivity index (χ2n) is 13.4. The Morgan fingerprint density at radius 1 is 1.05 bits per heavy atom.